The van der Waals surface area contributed by atoms with Gasteiger partial charge in [0.1, 0.15) is 12.0 Å². The van der Waals surface area contributed by atoms with Crippen LogP contribution in [-0.2, 0) is 60.3 Å². The van der Waals surface area contributed by atoms with Crippen molar-refractivity contribution in [2.75, 3.05) is 0 Å². The van der Waals surface area contributed by atoms with E-state index in [1.165, 1.54) is 21.9 Å². The quantitative estimate of drug-likeness (QED) is 0.0848. The molecule has 0 atom stereocenters. The lowest BCUT2D eigenvalue weighted by molar-refractivity contribution is -0.144. The number of alkyl halides is 24. The molecule has 410 valence electrons. The van der Waals surface area contributed by atoms with Gasteiger partial charge in [-0.1, -0.05) is 84.9 Å². The molecule has 7 aromatic rings. The first-order chi connectivity index (χ1) is 35.1. The summed E-state index contributed by atoms with van der Waals surface area (Å²) in [5, 5.41) is 0. The summed E-state index contributed by atoms with van der Waals surface area (Å²) in [6.45, 7) is 0. The summed E-state index contributed by atoms with van der Waals surface area (Å²) in [5.41, 5.74) is -30.2. The number of rotatable bonds is 7. The summed E-state index contributed by atoms with van der Waals surface area (Å²) in [6.07, 6.45) is -54.8. The Morgan fingerprint density at radius 2 is 0.416 bits per heavy atom. The molecule has 0 heterocycles. The Labute approximate surface area is 420 Å². The summed E-state index contributed by atoms with van der Waals surface area (Å²) in [6, 6.07) is 18.7. The molecule has 0 nitrogen and oxygen atoms in total. The minimum Gasteiger partial charge on any atom is -0.207 e. The largest absolute Gasteiger partial charge is 0.416 e. The second-order valence-electron chi connectivity index (χ2n) is 16.6. The molecule has 0 amide bonds. The molecule has 0 saturated heterocycles. The normalized spacial score (nSPS) is 13.4. The lowest BCUT2D eigenvalue weighted by Gasteiger charge is -2.46. The number of hydrogen-bond acceptors (Lipinski definition) is 0. The molecule has 0 aliphatic carbocycles. The smallest absolute Gasteiger partial charge is 0.207 e. The molecular formula is C50H26BF25S. The van der Waals surface area contributed by atoms with Crippen LogP contribution in [0.1, 0.15) is 44.5 Å². The molecule has 0 aliphatic heterocycles. The van der Waals surface area contributed by atoms with E-state index in [0.717, 1.165) is 4.90 Å². The van der Waals surface area contributed by atoms with Crippen molar-refractivity contribution in [2.24, 2.45) is 0 Å². The Balaban J connectivity index is 0.000000397. The molecule has 0 bridgehead atoms. The predicted octanol–water partition coefficient (Wildman–Crippen LogP) is 16.1. The molecule has 0 unspecified atom stereocenters. The molecule has 77 heavy (non-hydrogen) atoms. The number of hydrogen-bond donors (Lipinski definition) is 0. The second kappa shape index (κ2) is 20.9. The van der Waals surface area contributed by atoms with Crippen molar-refractivity contribution < 1.29 is 110 Å². The number of benzene rings is 7. The van der Waals surface area contributed by atoms with Crippen LogP contribution in [0.25, 0.3) is 0 Å². The summed E-state index contributed by atoms with van der Waals surface area (Å²) < 4.78 is 354. The van der Waals surface area contributed by atoms with Gasteiger partial charge in [0.25, 0.3) is 0 Å². The zero-order chi connectivity index (χ0) is 57.7. The predicted molar refractivity (Wildman–Crippen MR) is 232 cm³/mol. The summed E-state index contributed by atoms with van der Waals surface area (Å²) >= 11 is 0. The van der Waals surface area contributed by atoms with Crippen molar-refractivity contribution >= 4 is 38.9 Å². The van der Waals surface area contributed by atoms with Gasteiger partial charge in [0, 0.05) is 0 Å². The monoisotopic (exact) mass is 1140 g/mol. The van der Waals surface area contributed by atoms with E-state index >= 15 is 0 Å². The maximum Gasteiger partial charge on any atom is 0.416 e. The molecule has 0 fully saturated rings. The highest BCUT2D eigenvalue weighted by Crippen LogP contribution is 2.42. The molecule has 0 aliphatic rings. The molecule has 0 aromatic heterocycles. The van der Waals surface area contributed by atoms with Gasteiger partial charge in [-0.05, 0) is 72.8 Å². The van der Waals surface area contributed by atoms with Gasteiger partial charge in [0.2, 0.25) is 0 Å². The summed E-state index contributed by atoms with van der Waals surface area (Å²) in [5.74, 6) is -0.196. The van der Waals surface area contributed by atoms with Crippen molar-refractivity contribution in [2.45, 2.75) is 64.1 Å². The first kappa shape index (κ1) is 59.4. The van der Waals surface area contributed by atoms with Gasteiger partial charge in [-0.3, -0.25) is 0 Å². The molecule has 0 radical (unpaired) electrons. The Morgan fingerprint density at radius 1 is 0.234 bits per heavy atom. The average molecular weight is 1140 g/mol. The fraction of sp³-hybridized carbons (Fsp3) is 0.160. The van der Waals surface area contributed by atoms with E-state index in [9.17, 15) is 110 Å². The van der Waals surface area contributed by atoms with Gasteiger partial charge in [-0.2, -0.15) is 127 Å². The maximum absolute atomic E-state index is 14.2. The van der Waals surface area contributed by atoms with Crippen molar-refractivity contribution in [1.82, 2.24) is 0 Å². The van der Waals surface area contributed by atoms with E-state index in [4.69, 9.17) is 0 Å². The van der Waals surface area contributed by atoms with Crippen LogP contribution >= 0.6 is 0 Å². The van der Waals surface area contributed by atoms with Crippen molar-refractivity contribution in [3.05, 3.63) is 208 Å². The zero-order valence-electron chi connectivity index (χ0n) is 37.4. The van der Waals surface area contributed by atoms with Crippen LogP contribution in [0, 0.1) is 5.82 Å². The fourth-order valence-corrected chi connectivity index (χ4v) is 10.2. The van der Waals surface area contributed by atoms with Crippen molar-refractivity contribution in [1.29, 1.82) is 0 Å². The van der Waals surface area contributed by atoms with Gasteiger partial charge >= 0.3 is 49.4 Å². The third kappa shape index (κ3) is 13.7. The Kier molecular flexibility index (Phi) is 16.1. The van der Waals surface area contributed by atoms with E-state index in [-0.39, 0.29) is 16.7 Å². The highest BCUT2D eigenvalue weighted by atomic mass is 32.2. The molecule has 0 saturated carbocycles. The Morgan fingerprint density at radius 3 is 0.597 bits per heavy atom. The Bertz CT molecular complexity index is 2700. The molecule has 7 rings (SSSR count). The van der Waals surface area contributed by atoms with Crippen LogP contribution in [0.3, 0.4) is 0 Å². The van der Waals surface area contributed by atoms with Crippen LogP contribution in [0.15, 0.2) is 172 Å². The fourth-order valence-electron chi connectivity index (χ4n) is 8.16. The molecule has 0 spiro atoms. The van der Waals surface area contributed by atoms with E-state index < -0.39 is 195 Å². The van der Waals surface area contributed by atoms with Crippen LogP contribution in [-0.4, -0.2) is 6.15 Å². The van der Waals surface area contributed by atoms with Crippen molar-refractivity contribution in [3.63, 3.8) is 0 Å². The molecule has 0 N–H and O–H groups in total. The minimum absolute atomic E-state index is 0.190. The van der Waals surface area contributed by atoms with Crippen LogP contribution in [0.4, 0.5) is 110 Å². The van der Waals surface area contributed by atoms with E-state index in [1.807, 2.05) is 48.5 Å². The molecular weight excluding hydrogens is 1120 g/mol. The first-order valence-electron chi connectivity index (χ1n) is 21.1. The number of halogens is 25. The first-order valence-corrected chi connectivity index (χ1v) is 22.3. The maximum atomic E-state index is 14.2. The third-order valence-corrected chi connectivity index (χ3v) is 13.7. The lowest BCUT2D eigenvalue weighted by Crippen LogP contribution is -2.75. The summed E-state index contributed by atoms with van der Waals surface area (Å²) in [7, 11) is -0.190. The van der Waals surface area contributed by atoms with Gasteiger partial charge in [0.05, 0.1) is 55.4 Å². The van der Waals surface area contributed by atoms with Gasteiger partial charge < -0.3 is 0 Å². The highest BCUT2D eigenvalue weighted by molar-refractivity contribution is 7.97. The van der Waals surface area contributed by atoms with Gasteiger partial charge in [-0.25, -0.2) is 4.39 Å². The van der Waals surface area contributed by atoms with E-state index in [2.05, 4.69) is 24.3 Å². The van der Waals surface area contributed by atoms with Gasteiger partial charge in [0.15, 0.2) is 14.7 Å². The SMILES string of the molecule is FC(F)(F)c1cc([B-](c2cc(C(F)(F)F)cc(C(F)(F)F)c2)(c2cc(C(F)(F)F)cc(C(F)(F)F)c2)c2cc(C(F)(F)F)cc(C(F)(F)F)c2)cc(C(F)(F)F)c1.Fc1ccc([S+](c2ccccc2)c2ccccc2)cc1. The van der Waals surface area contributed by atoms with Crippen LogP contribution < -0.4 is 21.9 Å². The van der Waals surface area contributed by atoms with Crippen LogP contribution in [0.2, 0.25) is 0 Å². The Hall–Kier alpha value is -6.80. The van der Waals surface area contributed by atoms with E-state index in [1.54, 1.807) is 0 Å². The van der Waals surface area contributed by atoms with E-state index in [0.29, 0.717) is 0 Å². The van der Waals surface area contributed by atoms with Crippen molar-refractivity contribution in [3.8, 4) is 0 Å². The van der Waals surface area contributed by atoms with Gasteiger partial charge in [-0.15, -0.1) is 0 Å². The lowest BCUT2D eigenvalue weighted by atomic mass is 9.12. The minimum atomic E-state index is -6.13. The van der Waals surface area contributed by atoms with Crippen LogP contribution in [0.5, 0.6) is 0 Å². The highest BCUT2D eigenvalue weighted by Gasteiger charge is 2.47. The average Bonchev–Trinajstić information content (AvgIpc) is 3.31. The second-order valence-corrected chi connectivity index (χ2v) is 18.6. The summed E-state index contributed by atoms with van der Waals surface area (Å²) in [4.78, 5) is 3.61. The topological polar surface area (TPSA) is 0 Å². The third-order valence-electron chi connectivity index (χ3n) is 11.4. The standard InChI is InChI=1S/C32H12BF24.C18H14FS/c34-25(35,36)13-1-14(26(37,38)39)6-21(5-13)33(22-7-15(27(40,41)42)2-16(8-22)28(43,44)45,23-9-17(29(46,47)48)3-18(10-23)30(49,50)51)24-11-19(31(52,53)54)4-20(12-24)32(55,56)57;19-15-11-13-18(14-12-15)20(16-7-3-1-4-8-16)17-9-5-2-6-10-17/h1-12H;1-14H/q-1;+1. The molecule has 27 heteroatoms. The zero-order valence-corrected chi connectivity index (χ0v) is 38.3. The molecule has 7 aromatic carbocycles.